The quantitative estimate of drug-likeness (QED) is 0.861. The minimum absolute atomic E-state index is 0.0649. The van der Waals surface area contributed by atoms with Crippen LogP contribution in [-0.4, -0.2) is 9.55 Å². The number of fused-ring (bicyclic) bond motifs is 1. The predicted octanol–water partition coefficient (Wildman–Crippen LogP) is 3.82. The Labute approximate surface area is 120 Å². The van der Waals surface area contributed by atoms with Gasteiger partial charge in [0.05, 0.1) is 17.6 Å². The first-order valence-corrected chi connectivity index (χ1v) is 6.87. The zero-order valence-corrected chi connectivity index (χ0v) is 11.4. The molecule has 2 heterocycles. The predicted molar refractivity (Wildman–Crippen MR) is 70.9 cm³/mol. The lowest BCUT2D eigenvalue weighted by atomic mass is 10.1. The van der Waals surface area contributed by atoms with Crippen molar-refractivity contribution in [1.82, 2.24) is 9.55 Å². The molecule has 0 spiro atoms. The van der Waals surface area contributed by atoms with Crippen molar-refractivity contribution in [2.45, 2.75) is 38.6 Å². The summed E-state index contributed by atoms with van der Waals surface area (Å²) in [5.74, 6) is -0.150. The van der Waals surface area contributed by atoms with E-state index in [1.165, 1.54) is 18.2 Å². The Hall–Kier alpha value is -1.98. The van der Waals surface area contributed by atoms with E-state index in [2.05, 4.69) is 9.55 Å². The zero-order valence-electron chi connectivity index (χ0n) is 11.4. The van der Waals surface area contributed by atoms with Gasteiger partial charge in [-0.15, -0.1) is 0 Å². The molecule has 3 rings (SSSR count). The van der Waals surface area contributed by atoms with Crippen LogP contribution in [0.3, 0.4) is 0 Å². The molecule has 1 aliphatic rings. The average molecular weight is 296 g/mol. The van der Waals surface area contributed by atoms with Gasteiger partial charge in [0.1, 0.15) is 12.4 Å². The van der Waals surface area contributed by atoms with Crippen molar-refractivity contribution in [2.24, 2.45) is 0 Å². The normalized spacial score (nSPS) is 14.8. The minimum atomic E-state index is -4.41. The number of imidazole rings is 1. The lowest BCUT2D eigenvalue weighted by Gasteiger charge is -2.16. The summed E-state index contributed by atoms with van der Waals surface area (Å²) in [5, 5.41) is 0. The Morgan fingerprint density at radius 3 is 2.81 bits per heavy atom. The van der Waals surface area contributed by atoms with Crippen LogP contribution >= 0.6 is 0 Å². The topological polar surface area (TPSA) is 27.1 Å². The number of benzene rings is 1. The van der Waals surface area contributed by atoms with Crippen LogP contribution in [0, 0.1) is 0 Å². The molecule has 21 heavy (non-hydrogen) atoms. The van der Waals surface area contributed by atoms with Crippen molar-refractivity contribution in [3.8, 4) is 5.75 Å². The van der Waals surface area contributed by atoms with E-state index in [1.54, 1.807) is 6.33 Å². The standard InChI is InChI=1S/C15H15F3N2O/c16-15(17,18)11-5-1-2-7-14(11)21-9-12-13-6-3-4-8-20(13)10-19-12/h1-2,5,7,10H,3-4,6,8-9H2. The van der Waals surface area contributed by atoms with Crippen LogP contribution in [0.5, 0.6) is 5.75 Å². The molecule has 2 aromatic rings. The third-order valence-corrected chi connectivity index (χ3v) is 3.65. The van der Waals surface area contributed by atoms with Crippen molar-refractivity contribution in [1.29, 1.82) is 0 Å². The largest absolute Gasteiger partial charge is 0.487 e. The van der Waals surface area contributed by atoms with Gasteiger partial charge in [0.15, 0.2) is 0 Å². The van der Waals surface area contributed by atoms with Gasteiger partial charge in [-0.3, -0.25) is 0 Å². The van der Waals surface area contributed by atoms with Gasteiger partial charge in [-0.1, -0.05) is 12.1 Å². The van der Waals surface area contributed by atoms with Gasteiger partial charge in [-0.25, -0.2) is 4.98 Å². The molecule has 0 fully saturated rings. The molecule has 1 aromatic heterocycles. The number of para-hydroxylation sites is 1. The SMILES string of the molecule is FC(F)(F)c1ccccc1OCc1ncn2c1CCCC2. The van der Waals surface area contributed by atoms with Crippen LogP contribution in [0.4, 0.5) is 13.2 Å². The monoisotopic (exact) mass is 296 g/mol. The second-order valence-electron chi connectivity index (χ2n) is 5.07. The maximum atomic E-state index is 12.9. The summed E-state index contributed by atoms with van der Waals surface area (Å²) in [6.45, 7) is 0.983. The molecule has 0 N–H and O–H groups in total. The molecule has 0 atom stereocenters. The molecule has 6 heteroatoms. The summed E-state index contributed by atoms with van der Waals surface area (Å²) in [6.07, 6.45) is 0.422. The summed E-state index contributed by atoms with van der Waals surface area (Å²) in [6, 6.07) is 5.25. The van der Waals surface area contributed by atoms with Crippen molar-refractivity contribution < 1.29 is 17.9 Å². The molecular weight excluding hydrogens is 281 g/mol. The van der Waals surface area contributed by atoms with Crippen LogP contribution in [0.1, 0.15) is 29.8 Å². The summed E-state index contributed by atoms with van der Waals surface area (Å²) in [7, 11) is 0. The Bertz CT molecular complexity index is 634. The first kappa shape index (κ1) is 14.0. The maximum absolute atomic E-state index is 12.9. The van der Waals surface area contributed by atoms with Crippen LogP contribution < -0.4 is 4.74 Å². The van der Waals surface area contributed by atoms with Gasteiger partial charge < -0.3 is 9.30 Å². The van der Waals surface area contributed by atoms with Crippen LogP contribution in [0.25, 0.3) is 0 Å². The van der Waals surface area contributed by atoms with Crippen molar-refractivity contribution in [3.63, 3.8) is 0 Å². The molecule has 3 nitrogen and oxygen atoms in total. The first-order chi connectivity index (χ1) is 10.1. The number of nitrogens with zero attached hydrogens (tertiary/aromatic N) is 2. The molecule has 0 radical (unpaired) electrons. The highest BCUT2D eigenvalue weighted by Gasteiger charge is 2.34. The lowest BCUT2D eigenvalue weighted by molar-refractivity contribution is -0.139. The fourth-order valence-electron chi connectivity index (χ4n) is 2.60. The number of ether oxygens (including phenoxy) is 1. The third-order valence-electron chi connectivity index (χ3n) is 3.65. The van der Waals surface area contributed by atoms with Gasteiger partial charge in [-0.2, -0.15) is 13.2 Å². The summed E-state index contributed by atoms with van der Waals surface area (Å²) < 4.78 is 46.1. The second kappa shape index (κ2) is 5.42. The smallest absolute Gasteiger partial charge is 0.419 e. The van der Waals surface area contributed by atoms with Crippen molar-refractivity contribution in [3.05, 3.63) is 47.5 Å². The van der Waals surface area contributed by atoms with Gasteiger partial charge in [0, 0.05) is 12.2 Å². The number of alkyl halides is 3. The molecule has 0 unspecified atom stereocenters. The maximum Gasteiger partial charge on any atom is 0.419 e. The van der Waals surface area contributed by atoms with Gasteiger partial charge >= 0.3 is 6.18 Å². The Morgan fingerprint density at radius 2 is 2.00 bits per heavy atom. The van der Waals surface area contributed by atoms with Crippen LogP contribution in [-0.2, 0) is 25.7 Å². The lowest BCUT2D eigenvalue weighted by Crippen LogP contribution is -2.12. The molecule has 0 aliphatic carbocycles. The van der Waals surface area contributed by atoms with Crippen LogP contribution in [0.2, 0.25) is 0 Å². The van der Waals surface area contributed by atoms with E-state index in [4.69, 9.17) is 4.74 Å². The molecule has 1 aliphatic heterocycles. The fraction of sp³-hybridized carbons (Fsp3) is 0.400. The van der Waals surface area contributed by atoms with Gasteiger partial charge in [0.2, 0.25) is 0 Å². The second-order valence-corrected chi connectivity index (χ2v) is 5.07. The zero-order chi connectivity index (χ0) is 14.9. The number of halogens is 3. The molecule has 0 saturated heterocycles. The van der Waals surface area contributed by atoms with E-state index in [-0.39, 0.29) is 12.4 Å². The molecule has 0 saturated carbocycles. The van der Waals surface area contributed by atoms with E-state index in [1.807, 2.05) is 0 Å². The number of aryl methyl sites for hydroxylation is 1. The minimum Gasteiger partial charge on any atom is -0.487 e. The third kappa shape index (κ3) is 2.89. The average Bonchev–Trinajstić information content (AvgIpc) is 2.88. The Morgan fingerprint density at radius 1 is 1.19 bits per heavy atom. The number of hydrogen-bond donors (Lipinski definition) is 0. The van der Waals surface area contributed by atoms with Gasteiger partial charge in [-0.05, 0) is 31.4 Å². The summed E-state index contributed by atoms with van der Waals surface area (Å²) in [4.78, 5) is 4.26. The van der Waals surface area contributed by atoms with Crippen LogP contribution in [0.15, 0.2) is 30.6 Å². The molecular formula is C15H15F3N2O. The molecule has 0 amide bonds. The Kier molecular flexibility index (Phi) is 3.61. The van der Waals surface area contributed by atoms with E-state index in [0.29, 0.717) is 0 Å². The summed E-state index contributed by atoms with van der Waals surface area (Å²) >= 11 is 0. The molecule has 1 aromatic carbocycles. The summed E-state index contributed by atoms with van der Waals surface area (Å²) in [5.41, 5.74) is 1.05. The van der Waals surface area contributed by atoms with Crippen molar-refractivity contribution in [2.75, 3.05) is 0 Å². The number of hydrogen-bond acceptors (Lipinski definition) is 2. The highest BCUT2D eigenvalue weighted by atomic mass is 19.4. The van der Waals surface area contributed by atoms with Gasteiger partial charge in [0.25, 0.3) is 0 Å². The first-order valence-electron chi connectivity index (χ1n) is 6.87. The highest BCUT2D eigenvalue weighted by Crippen LogP contribution is 2.36. The van der Waals surface area contributed by atoms with E-state index in [9.17, 15) is 13.2 Å². The molecule has 112 valence electrons. The Balaban J connectivity index is 1.78. The van der Waals surface area contributed by atoms with Crippen molar-refractivity contribution >= 4 is 0 Å². The fourth-order valence-corrected chi connectivity index (χ4v) is 2.60. The number of rotatable bonds is 3. The number of aromatic nitrogens is 2. The molecule has 0 bridgehead atoms. The highest BCUT2D eigenvalue weighted by molar-refractivity contribution is 5.35. The van der Waals surface area contributed by atoms with E-state index in [0.717, 1.165) is 43.3 Å². The van der Waals surface area contributed by atoms with E-state index < -0.39 is 11.7 Å². The van der Waals surface area contributed by atoms with E-state index >= 15 is 0 Å².